The van der Waals surface area contributed by atoms with Crippen LogP contribution in [0.3, 0.4) is 0 Å². The van der Waals surface area contributed by atoms with Crippen LogP contribution in [-0.4, -0.2) is 60.9 Å². The smallest absolute Gasteiger partial charge is 0.220 e. The van der Waals surface area contributed by atoms with Gasteiger partial charge in [0.2, 0.25) is 5.91 Å². The minimum absolute atomic E-state index is 0.0616. The molecule has 1 amide bonds. The molecule has 0 aromatic heterocycles. The standard InChI is InChI=1S/C20H30N2O4/c1-13(2)19-11-22-10-15(9-16(22)12-26-19)21-20(24)7-5-14-4-6-18(25-3)17(23)8-14/h4,6,8,13,15-16,19,23H,5,7,9-12H2,1-3H3,(H,21,24)/t15-,16-,19-/m0/s1. The number of rotatable bonds is 6. The SMILES string of the molecule is COc1ccc(CCC(=O)N[C@H]2C[C@H]3CO[C@H](C(C)C)CN3C2)cc1O. The molecule has 0 radical (unpaired) electrons. The van der Waals surface area contributed by atoms with Crippen LogP contribution in [0.5, 0.6) is 11.5 Å². The molecule has 26 heavy (non-hydrogen) atoms. The summed E-state index contributed by atoms with van der Waals surface area (Å²) in [7, 11) is 1.52. The van der Waals surface area contributed by atoms with E-state index in [0.29, 0.717) is 36.7 Å². The number of hydrogen-bond donors (Lipinski definition) is 2. The lowest BCUT2D eigenvalue weighted by Gasteiger charge is -2.36. The molecule has 0 spiro atoms. The lowest BCUT2D eigenvalue weighted by atomic mass is 10.0. The minimum atomic E-state index is 0.0616. The van der Waals surface area contributed by atoms with Crippen molar-refractivity contribution in [1.29, 1.82) is 0 Å². The van der Waals surface area contributed by atoms with Gasteiger partial charge in [0.15, 0.2) is 11.5 Å². The Morgan fingerprint density at radius 1 is 1.42 bits per heavy atom. The second-order valence-electron chi connectivity index (χ2n) is 7.73. The maximum absolute atomic E-state index is 12.3. The number of carbonyl (C=O) groups is 1. The minimum Gasteiger partial charge on any atom is -0.504 e. The average molecular weight is 362 g/mol. The Morgan fingerprint density at radius 3 is 2.92 bits per heavy atom. The zero-order chi connectivity index (χ0) is 18.7. The van der Waals surface area contributed by atoms with Gasteiger partial charge in [-0.05, 0) is 36.5 Å². The molecular formula is C20H30N2O4. The van der Waals surface area contributed by atoms with Crippen molar-refractivity contribution in [1.82, 2.24) is 10.2 Å². The first-order chi connectivity index (χ1) is 12.5. The van der Waals surface area contributed by atoms with Gasteiger partial charge in [-0.15, -0.1) is 0 Å². The van der Waals surface area contributed by atoms with Gasteiger partial charge in [0.05, 0.1) is 19.8 Å². The largest absolute Gasteiger partial charge is 0.504 e. The summed E-state index contributed by atoms with van der Waals surface area (Å²) in [5.74, 6) is 1.14. The van der Waals surface area contributed by atoms with Crippen LogP contribution in [0.4, 0.5) is 0 Å². The molecule has 0 unspecified atom stereocenters. The Kier molecular flexibility index (Phi) is 6.04. The van der Waals surface area contributed by atoms with Crippen molar-refractivity contribution < 1.29 is 19.4 Å². The van der Waals surface area contributed by atoms with Crippen LogP contribution in [0, 0.1) is 5.92 Å². The summed E-state index contributed by atoms with van der Waals surface area (Å²) in [6.45, 7) is 7.01. The van der Waals surface area contributed by atoms with E-state index in [1.54, 1.807) is 12.1 Å². The maximum Gasteiger partial charge on any atom is 0.220 e. The van der Waals surface area contributed by atoms with E-state index in [1.807, 2.05) is 6.07 Å². The monoisotopic (exact) mass is 362 g/mol. The van der Waals surface area contributed by atoms with E-state index in [-0.39, 0.29) is 17.7 Å². The first-order valence-electron chi connectivity index (χ1n) is 9.47. The number of phenolic OH excluding ortho intramolecular Hbond substituents is 1. The molecule has 2 fully saturated rings. The summed E-state index contributed by atoms with van der Waals surface area (Å²) in [5.41, 5.74) is 0.926. The summed E-state index contributed by atoms with van der Waals surface area (Å²) in [6.07, 6.45) is 2.27. The van der Waals surface area contributed by atoms with E-state index < -0.39 is 0 Å². The molecule has 2 aliphatic rings. The van der Waals surface area contributed by atoms with Gasteiger partial charge in [0.25, 0.3) is 0 Å². The van der Waals surface area contributed by atoms with Crippen molar-refractivity contribution in [3.63, 3.8) is 0 Å². The van der Waals surface area contributed by atoms with Crippen molar-refractivity contribution in [2.75, 3.05) is 26.8 Å². The average Bonchev–Trinajstić information content (AvgIpc) is 3.01. The van der Waals surface area contributed by atoms with Crippen molar-refractivity contribution in [3.05, 3.63) is 23.8 Å². The quantitative estimate of drug-likeness (QED) is 0.809. The van der Waals surface area contributed by atoms with Crippen molar-refractivity contribution >= 4 is 5.91 Å². The summed E-state index contributed by atoms with van der Waals surface area (Å²) in [4.78, 5) is 14.8. The molecule has 2 N–H and O–H groups in total. The first-order valence-corrected chi connectivity index (χ1v) is 9.47. The Morgan fingerprint density at radius 2 is 2.23 bits per heavy atom. The van der Waals surface area contributed by atoms with E-state index in [9.17, 15) is 9.90 Å². The zero-order valence-electron chi connectivity index (χ0n) is 15.9. The number of aromatic hydroxyl groups is 1. The first kappa shape index (κ1) is 19.0. The Hall–Kier alpha value is -1.79. The summed E-state index contributed by atoms with van der Waals surface area (Å²) >= 11 is 0. The molecule has 6 heteroatoms. The fraction of sp³-hybridized carbons (Fsp3) is 0.650. The van der Waals surface area contributed by atoms with E-state index in [4.69, 9.17) is 9.47 Å². The predicted molar refractivity (Wildman–Crippen MR) is 99.5 cm³/mol. The number of amides is 1. The summed E-state index contributed by atoms with van der Waals surface area (Å²) < 4.78 is 11.0. The van der Waals surface area contributed by atoms with Crippen molar-refractivity contribution in [3.8, 4) is 11.5 Å². The van der Waals surface area contributed by atoms with Gasteiger partial charge in [0, 0.05) is 31.6 Å². The number of phenols is 1. The normalized spacial score (nSPS) is 25.9. The van der Waals surface area contributed by atoms with Crippen molar-refractivity contribution in [2.24, 2.45) is 5.92 Å². The van der Waals surface area contributed by atoms with Gasteiger partial charge in [-0.25, -0.2) is 0 Å². The molecule has 0 saturated carbocycles. The number of fused-ring (bicyclic) bond motifs is 1. The molecule has 1 aromatic carbocycles. The van der Waals surface area contributed by atoms with Crippen LogP contribution >= 0.6 is 0 Å². The molecule has 6 nitrogen and oxygen atoms in total. The second kappa shape index (κ2) is 8.27. The molecule has 144 valence electrons. The molecule has 1 aromatic rings. The maximum atomic E-state index is 12.3. The highest BCUT2D eigenvalue weighted by Crippen LogP contribution is 2.27. The number of aryl methyl sites for hydroxylation is 1. The fourth-order valence-corrected chi connectivity index (χ4v) is 3.86. The highest BCUT2D eigenvalue weighted by atomic mass is 16.5. The molecule has 2 aliphatic heterocycles. The van der Waals surface area contributed by atoms with E-state index >= 15 is 0 Å². The summed E-state index contributed by atoms with van der Waals surface area (Å²) in [6, 6.07) is 5.89. The van der Waals surface area contributed by atoms with Crippen LogP contribution in [-0.2, 0) is 16.0 Å². The highest BCUT2D eigenvalue weighted by Gasteiger charge is 2.38. The Balaban J connectivity index is 1.45. The van der Waals surface area contributed by atoms with Gasteiger partial charge >= 0.3 is 0 Å². The van der Waals surface area contributed by atoms with E-state index in [0.717, 1.165) is 31.7 Å². The van der Waals surface area contributed by atoms with Crippen molar-refractivity contribution in [2.45, 2.75) is 51.3 Å². The number of hydrogen-bond acceptors (Lipinski definition) is 5. The molecular weight excluding hydrogens is 332 g/mol. The van der Waals surface area contributed by atoms with Crippen LogP contribution < -0.4 is 10.1 Å². The number of carbonyl (C=O) groups excluding carboxylic acids is 1. The van der Waals surface area contributed by atoms with Gasteiger partial charge < -0.3 is 19.9 Å². The third kappa shape index (κ3) is 4.48. The Bertz CT molecular complexity index is 634. The number of morpholine rings is 1. The predicted octanol–water partition coefficient (Wildman–Crippen LogP) is 1.95. The molecule has 2 heterocycles. The Labute approximate surface area is 155 Å². The molecule has 0 aliphatic carbocycles. The lowest BCUT2D eigenvalue weighted by molar-refractivity contribution is -0.121. The van der Waals surface area contributed by atoms with Crippen LogP contribution in [0.1, 0.15) is 32.3 Å². The molecule has 3 rings (SSSR count). The van der Waals surface area contributed by atoms with Crippen LogP contribution in [0.25, 0.3) is 0 Å². The third-order valence-electron chi connectivity index (χ3n) is 5.44. The van der Waals surface area contributed by atoms with Gasteiger partial charge in [0.1, 0.15) is 0 Å². The second-order valence-corrected chi connectivity index (χ2v) is 7.73. The lowest BCUT2D eigenvalue weighted by Crippen LogP contribution is -2.48. The molecule has 0 bridgehead atoms. The van der Waals surface area contributed by atoms with E-state index in [2.05, 4.69) is 24.1 Å². The van der Waals surface area contributed by atoms with Gasteiger partial charge in [-0.2, -0.15) is 0 Å². The number of methoxy groups -OCH3 is 1. The number of ether oxygens (including phenoxy) is 2. The van der Waals surface area contributed by atoms with Crippen LogP contribution in [0.2, 0.25) is 0 Å². The zero-order valence-corrected chi connectivity index (χ0v) is 15.9. The van der Waals surface area contributed by atoms with E-state index in [1.165, 1.54) is 7.11 Å². The fourth-order valence-electron chi connectivity index (χ4n) is 3.86. The van der Waals surface area contributed by atoms with Crippen LogP contribution in [0.15, 0.2) is 18.2 Å². The van der Waals surface area contributed by atoms with Gasteiger partial charge in [-0.1, -0.05) is 19.9 Å². The number of benzene rings is 1. The highest BCUT2D eigenvalue weighted by molar-refractivity contribution is 5.76. The number of nitrogens with zero attached hydrogens (tertiary/aromatic N) is 1. The van der Waals surface area contributed by atoms with Gasteiger partial charge in [-0.3, -0.25) is 9.69 Å². The molecule has 2 saturated heterocycles. The topological polar surface area (TPSA) is 71.0 Å². The molecule has 3 atom stereocenters. The number of nitrogens with one attached hydrogen (secondary N) is 1. The third-order valence-corrected chi connectivity index (χ3v) is 5.44. The summed E-state index contributed by atoms with van der Waals surface area (Å²) in [5, 5.41) is 13.0.